The lowest BCUT2D eigenvalue weighted by molar-refractivity contribution is 0.627. The van der Waals surface area contributed by atoms with Gasteiger partial charge in [0.15, 0.2) is 0 Å². The molecule has 0 atom stereocenters. The van der Waals surface area contributed by atoms with Gasteiger partial charge in [-0.15, -0.1) is 12.4 Å². The molecule has 0 aliphatic rings. The predicted octanol–water partition coefficient (Wildman–Crippen LogP) is 4.85. The van der Waals surface area contributed by atoms with Gasteiger partial charge in [-0.05, 0) is 50.1 Å². The highest BCUT2D eigenvalue weighted by Gasteiger charge is 2.14. The molecule has 122 valence electrons. The molecule has 0 aliphatic heterocycles. The van der Waals surface area contributed by atoms with E-state index in [1.54, 1.807) is 12.1 Å². The summed E-state index contributed by atoms with van der Waals surface area (Å²) in [7, 11) is 0. The smallest absolute Gasteiger partial charge is 0.123 e. The molecule has 0 aliphatic carbocycles. The van der Waals surface area contributed by atoms with Gasteiger partial charge in [0.1, 0.15) is 5.82 Å². The molecular formula is C18H21ClFN3. The van der Waals surface area contributed by atoms with Gasteiger partial charge in [-0.25, -0.2) is 4.39 Å². The highest BCUT2D eigenvalue weighted by atomic mass is 35.5. The summed E-state index contributed by atoms with van der Waals surface area (Å²) < 4.78 is 15.3. The molecule has 0 amide bonds. The van der Waals surface area contributed by atoms with Gasteiger partial charge in [-0.2, -0.15) is 0 Å². The van der Waals surface area contributed by atoms with Crippen LogP contribution in [-0.2, 0) is 13.1 Å². The number of hydrogen-bond donors (Lipinski definition) is 1. The zero-order chi connectivity index (χ0) is 15.7. The SMILES string of the molecule is CCn1c(C)c(C)c2nccc(NCc3ccc(F)cc3)c21.Cl. The third-order valence-corrected chi connectivity index (χ3v) is 4.21. The van der Waals surface area contributed by atoms with Gasteiger partial charge in [-0.3, -0.25) is 4.98 Å². The maximum absolute atomic E-state index is 13.0. The number of anilines is 1. The number of aromatic nitrogens is 2. The highest BCUT2D eigenvalue weighted by Crippen LogP contribution is 2.29. The van der Waals surface area contributed by atoms with Crippen LogP contribution in [0.5, 0.6) is 0 Å². The fraction of sp³-hybridized carbons (Fsp3) is 0.278. The van der Waals surface area contributed by atoms with E-state index >= 15 is 0 Å². The Labute approximate surface area is 142 Å². The van der Waals surface area contributed by atoms with Crippen LogP contribution in [0.2, 0.25) is 0 Å². The molecule has 3 rings (SSSR count). The minimum Gasteiger partial charge on any atom is -0.379 e. The Morgan fingerprint density at radius 1 is 1.13 bits per heavy atom. The molecule has 3 aromatic rings. The number of nitrogens with zero attached hydrogens (tertiary/aromatic N) is 2. The zero-order valence-corrected chi connectivity index (χ0v) is 14.4. The van der Waals surface area contributed by atoms with E-state index in [9.17, 15) is 4.39 Å². The Morgan fingerprint density at radius 3 is 2.48 bits per heavy atom. The highest BCUT2D eigenvalue weighted by molar-refractivity contribution is 5.92. The van der Waals surface area contributed by atoms with Crippen molar-refractivity contribution >= 4 is 29.1 Å². The summed E-state index contributed by atoms with van der Waals surface area (Å²) >= 11 is 0. The summed E-state index contributed by atoms with van der Waals surface area (Å²) in [4.78, 5) is 4.53. The molecule has 2 aromatic heterocycles. The van der Waals surface area contributed by atoms with E-state index in [1.807, 2.05) is 12.3 Å². The normalized spacial score (nSPS) is 10.6. The molecule has 1 aromatic carbocycles. The second kappa shape index (κ2) is 7.01. The van der Waals surface area contributed by atoms with Crippen LogP contribution in [-0.4, -0.2) is 9.55 Å². The Balaban J connectivity index is 0.00000192. The van der Waals surface area contributed by atoms with E-state index in [1.165, 1.54) is 23.4 Å². The average Bonchev–Trinajstić information content (AvgIpc) is 2.79. The monoisotopic (exact) mass is 333 g/mol. The Bertz CT molecular complexity index is 809. The van der Waals surface area contributed by atoms with Crippen LogP contribution in [0.4, 0.5) is 10.1 Å². The van der Waals surface area contributed by atoms with Crippen molar-refractivity contribution in [2.75, 3.05) is 5.32 Å². The van der Waals surface area contributed by atoms with Crippen molar-refractivity contribution in [2.45, 2.75) is 33.9 Å². The van der Waals surface area contributed by atoms with Gasteiger partial charge >= 0.3 is 0 Å². The second-order valence-corrected chi connectivity index (χ2v) is 5.49. The molecule has 0 radical (unpaired) electrons. The van der Waals surface area contributed by atoms with Crippen LogP contribution < -0.4 is 5.32 Å². The third kappa shape index (κ3) is 3.17. The van der Waals surface area contributed by atoms with Crippen LogP contribution in [0.15, 0.2) is 36.5 Å². The summed E-state index contributed by atoms with van der Waals surface area (Å²) in [6, 6.07) is 8.58. The third-order valence-electron chi connectivity index (χ3n) is 4.21. The summed E-state index contributed by atoms with van der Waals surface area (Å²) in [6.45, 7) is 7.95. The first-order valence-corrected chi connectivity index (χ1v) is 7.54. The molecule has 2 heterocycles. The summed E-state index contributed by atoms with van der Waals surface area (Å²) in [5, 5.41) is 3.46. The lowest BCUT2D eigenvalue weighted by atomic mass is 10.2. The Morgan fingerprint density at radius 2 is 1.83 bits per heavy atom. The fourth-order valence-electron chi connectivity index (χ4n) is 2.88. The van der Waals surface area contributed by atoms with Crippen LogP contribution in [0.1, 0.15) is 23.7 Å². The lowest BCUT2D eigenvalue weighted by Crippen LogP contribution is -2.04. The number of pyridine rings is 1. The summed E-state index contributed by atoms with van der Waals surface area (Å²) in [5.74, 6) is -0.207. The van der Waals surface area contributed by atoms with Crippen LogP contribution in [0.25, 0.3) is 11.0 Å². The molecule has 0 bridgehead atoms. The molecule has 23 heavy (non-hydrogen) atoms. The first-order chi connectivity index (χ1) is 10.6. The number of benzene rings is 1. The molecular weight excluding hydrogens is 313 g/mol. The van der Waals surface area contributed by atoms with Crippen molar-refractivity contribution in [3.63, 3.8) is 0 Å². The van der Waals surface area contributed by atoms with Crippen molar-refractivity contribution in [3.8, 4) is 0 Å². The number of hydrogen-bond acceptors (Lipinski definition) is 2. The predicted molar refractivity (Wildman–Crippen MR) is 95.9 cm³/mol. The van der Waals surface area contributed by atoms with Crippen molar-refractivity contribution in [1.82, 2.24) is 9.55 Å². The topological polar surface area (TPSA) is 29.9 Å². The largest absolute Gasteiger partial charge is 0.379 e. The number of rotatable bonds is 4. The lowest BCUT2D eigenvalue weighted by Gasteiger charge is -2.11. The first kappa shape index (κ1) is 17.3. The van der Waals surface area contributed by atoms with Gasteiger partial charge in [0.05, 0.1) is 16.7 Å². The van der Waals surface area contributed by atoms with E-state index in [-0.39, 0.29) is 18.2 Å². The molecule has 0 unspecified atom stereocenters. The van der Waals surface area contributed by atoms with E-state index in [2.05, 4.69) is 35.6 Å². The summed E-state index contributed by atoms with van der Waals surface area (Å²) in [5.41, 5.74) is 6.77. The number of halogens is 2. The van der Waals surface area contributed by atoms with Gasteiger partial charge in [0, 0.05) is 25.0 Å². The van der Waals surface area contributed by atoms with Gasteiger partial charge in [0.2, 0.25) is 0 Å². The molecule has 3 nitrogen and oxygen atoms in total. The quantitative estimate of drug-likeness (QED) is 0.740. The molecule has 0 saturated heterocycles. The van der Waals surface area contributed by atoms with Crippen molar-refractivity contribution in [3.05, 3.63) is 59.2 Å². The maximum Gasteiger partial charge on any atom is 0.123 e. The van der Waals surface area contributed by atoms with Crippen LogP contribution in [0.3, 0.4) is 0 Å². The molecule has 1 N–H and O–H groups in total. The zero-order valence-electron chi connectivity index (χ0n) is 13.6. The molecule has 5 heteroatoms. The first-order valence-electron chi connectivity index (χ1n) is 7.54. The van der Waals surface area contributed by atoms with Gasteiger partial charge in [-0.1, -0.05) is 12.1 Å². The van der Waals surface area contributed by atoms with E-state index in [0.29, 0.717) is 6.54 Å². The Kier molecular flexibility index (Phi) is 5.26. The minimum absolute atomic E-state index is 0. The number of fused-ring (bicyclic) bond motifs is 1. The maximum atomic E-state index is 13.0. The van der Waals surface area contributed by atoms with E-state index in [0.717, 1.165) is 28.8 Å². The molecule has 0 spiro atoms. The fourth-order valence-corrected chi connectivity index (χ4v) is 2.88. The van der Waals surface area contributed by atoms with Crippen LogP contribution in [0, 0.1) is 19.7 Å². The van der Waals surface area contributed by atoms with E-state index < -0.39 is 0 Å². The van der Waals surface area contributed by atoms with E-state index in [4.69, 9.17) is 0 Å². The number of nitrogens with one attached hydrogen (secondary N) is 1. The second-order valence-electron chi connectivity index (χ2n) is 5.49. The average molecular weight is 334 g/mol. The molecule has 0 fully saturated rings. The van der Waals surface area contributed by atoms with Gasteiger partial charge in [0.25, 0.3) is 0 Å². The summed E-state index contributed by atoms with van der Waals surface area (Å²) in [6.07, 6.45) is 1.84. The van der Waals surface area contributed by atoms with Crippen molar-refractivity contribution < 1.29 is 4.39 Å². The standard InChI is InChI=1S/C18H20FN3.ClH/c1-4-22-13(3)12(2)17-18(22)16(9-10-20-17)21-11-14-5-7-15(19)8-6-14;/h5-10H,4,11H2,1-3H3,(H,20,21);1H. The van der Waals surface area contributed by atoms with Crippen molar-refractivity contribution in [1.29, 1.82) is 0 Å². The number of aryl methyl sites for hydroxylation is 2. The Hall–Kier alpha value is -2.07. The van der Waals surface area contributed by atoms with Crippen molar-refractivity contribution in [2.24, 2.45) is 0 Å². The van der Waals surface area contributed by atoms with Crippen LogP contribution >= 0.6 is 12.4 Å². The molecule has 0 saturated carbocycles. The minimum atomic E-state index is -0.207. The van der Waals surface area contributed by atoms with Gasteiger partial charge < -0.3 is 9.88 Å².